The van der Waals surface area contributed by atoms with E-state index < -0.39 is 8.80 Å². The van der Waals surface area contributed by atoms with Crippen LogP contribution in [0.1, 0.15) is 82.9 Å². The molecule has 0 heterocycles. The molecule has 1 aromatic rings. The van der Waals surface area contributed by atoms with Gasteiger partial charge in [-0.2, -0.15) is 0 Å². The lowest BCUT2D eigenvalue weighted by atomic mass is 10.1. The molecule has 5 heteroatoms. The molecule has 0 spiro atoms. The van der Waals surface area contributed by atoms with Crippen LogP contribution in [0.5, 0.6) is 0 Å². The third kappa shape index (κ3) is 7.69. The number of halogens is 1. The molecular formula is C21H37ClO3Si. The summed E-state index contributed by atoms with van der Waals surface area (Å²) in [5.41, 5.74) is 2.41. The van der Waals surface area contributed by atoms with Gasteiger partial charge in [0.25, 0.3) is 0 Å². The van der Waals surface area contributed by atoms with Gasteiger partial charge in [-0.15, -0.1) is 11.6 Å². The number of rotatable bonds is 15. The fourth-order valence-electron chi connectivity index (χ4n) is 2.73. The maximum absolute atomic E-state index is 6.41. The van der Waals surface area contributed by atoms with Crippen LogP contribution in [0.3, 0.4) is 0 Å². The lowest BCUT2D eigenvalue weighted by molar-refractivity contribution is 0.0488. The van der Waals surface area contributed by atoms with Crippen LogP contribution in [-0.4, -0.2) is 28.6 Å². The Morgan fingerprint density at radius 2 is 1.38 bits per heavy atom. The average Bonchev–Trinajstić information content (AvgIpc) is 2.67. The van der Waals surface area contributed by atoms with Crippen LogP contribution in [0.4, 0.5) is 0 Å². The molecule has 0 amide bonds. The quantitative estimate of drug-likeness (QED) is 0.192. The SMILES string of the molecule is CCCCO[Si](OCCCC)(OCCCC)C(C)c1cccc(CCl)c1. The van der Waals surface area contributed by atoms with Crippen molar-refractivity contribution >= 4 is 20.4 Å². The molecule has 0 aliphatic rings. The summed E-state index contributed by atoms with van der Waals surface area (Å²) < 4.78 is 19.2. The molecule has 1 unspecified atom stereocenters. The van der Waals surface area contributed by atoms with E-state index in [1.807, 2.05) is 0 Å². The second kappa shape index (κ2) is 13.7. The van der Waals surface area contributed by atoms with Crippen molar-refractivity contribution in [1.29, 1.82) is 0 Å². The van der Waals surface area contributed by atoms with Gasteiger partial charge in [0.05, 0.1) is 5.54 Å². The normalized spacial score (nSPS) is 13.1. The third-order valence-electron chi connectivity index (χ3n) is 4.54. The summed E-state index contributed by atoms with van der Waals surface area (Å²) in [4.78, 5) is 0. The topological polar surface area (TPSA) is 27.7 Å². The van der Waals surface area contributed by atoms with E-state index in [4.69, 9.17) is 24.9 Å². The predicted octanol–water partition coefficient (Wildman–Crippen LogP) is 6.46. The van der Waals surface area contributed by atoms with E-state index in [0.717, 1.165) is 44.1 Å². The first kappa shape index (κ1) is 23.6. The number of benzene rings is 1. The summed E-state index contributed by atoms with van der Waals surface area (Å²) in [7, 11) is -2.83. The maximum atomic E-state index is 6.41. The Hall–Kier alpha value is -0.393. The molecule has 0 aromatic heterocycles. The highest BCUT2D eigenvalue weighted by Gasteiger charge is 2.48. The van der Waals surface area contributed by atoms with E-state index in [-0.39, 0.29) is 5.54 Å². The summed E-state index contributed by atoms with van der Waals surface area (Å²) in [6.07, 6.45) is 6.38. The molecule has 0 bridgehead atoms. The van der Waals surface area contributed by atoms with Crippen LogP contribution in [0, 0.1) is 0 Å². The van der Waals surface area contributed by atoms with Crippen LogP contribution >= 0.6 is 11.6 Å². The molecule has 0 saturated carbocycles. The Kier molecular flexibility index (Phi) is 12.5. The Morgan fingerprint density at radius 1 is 0.885 bits per heavy atom. The monoisotopic (exact) mass is 400 g/mol. The number of hydrogen-bond donors (Lipinski definition) is 0. The highest BCUT2D eigenvalue weighted by atomic mass is 35.5. The molecule has 0 radical (unpaired) electrons. The number of hydrogen-bond acceptors (Lipinski definition) is 3. The Labute approximate surface area is 166 Å². The summed E-state index contributed by atoms with van der Waals surface area (Å²) in [5.74, 6) is 0.513. The van der Waals surface area contributed by atoms with Crippen molar-refractivity contribution in [1.82, 2.24) is 0 Å². The lowest BCUT2D eigenvalue weighted by Gasteiger charge is -2.35. The molecule has 1 aromatic carbocycles. The molecule has 150 valence electrons. The van der Waals surface area contributed by atoms with Crippen molar-refractivity contribution in [3.8, 4) is 0 Å². The zero-order valence-corrected chi connectivity index (χ0v) is 18.8. The predicted molar refractivity (Wildman–Crippen MR) is 113 cm³/mol. The minimum absolute atomic E-state index is 0.0937. The summed E-state index contributed by atoms with van der Waals surface area (Å²) in [6, 6.07) is 8.42. The summed E-state index contributed by atoms with van der Waals surface area (Å²) in [6.45, 7) is 10.8. The first-order valence-electron chi connectivity index (χ1n) is 10.2. The zero-order chi connectivity index (χ0) is 19.3. The molecule has 26 heavy (non-hydrogen) atoms. The van der Waals surface area contributed by atoms with E-state index in [0.29, 0.717) is 25.7 Å². The zero-order valence-electron chi connectivity index (χ0n) is 17.1. The lowest BCUT2D eigenvalue weighted by Crippen LogP contribution is -2.51. The molecule has 0 saturated heterocycles. The van der Waals surface area contributed by atoms with Gasteiger partial charge in [0.1, 0.15) is 0 Å². The minimum atomic E-state index is -2.83. The largest absolute Gasteiger partial charge is 0.508 e. The van der Waals surface area contributed by atoms with Crippen molar-refractivity contribution in [3.05, 3.63) is 35.4 Å². The second-order valence-corrected chi connectivity index (χ2v) is 10.0. The first-order valence-corrected chi connectivity index (χ1v) is 12.5. The van der Waals surface area contributed by atoms with Crippen molar-refractivity contribution in [2.75, 3.05) is 19.8 Å². The highest BCUT2D eigenvalue weighted by molar-refractivity contribution is 6.62. The number of alkyl halides is 1. The van der Waals surface area contributed by atoms with Crippen molar-refractivity contribution in [3.63, 3.8) is 0 Å². The smallest absolute Gasteiger partial charge is 0.373 e. The van der Waals surface area contributed by atoms with Gasteiger partial charge < -0.3 is 13.3 Å². The van der Waals surface area contributed by atoms with Crippen LogP contribution in [-0.2, 0) is 19.2 Å². The Morgan fingerprint density at radius 3 is 1.81 bits per heavy atom. The standard InChI is InChI=1S/C21H37ClO3Si/c1-5-8-14-23-26(24-15-9-6-2,25-16-10-7-3)19(4)21-13-11-12-20(17-21)18-22/h11-13,17,19H,5-10,14-16,18H2,1-4H3. The van der Waals surface area contributed by atoms with Crippen molar-refractivity contribution in [2.24, 2.45) is 0 Å². The van der Waals surface area contributed by atoms with E-state index >= 15 is 0 Å². The van der Waals surface area contributed by atoms with E-state index in [1.54, 1.807) is 0 Å². The molecular weight excluding hydrogens is 364 g/mol. The average molecular weight is 401 g/mol. The molecule has 0 aliphatic carbocycles. The second-order valence-electron chi connectivity index (χ2n) is 6.81. The number of unbranched alkanes of at least 4 members (excludes halogenated alkanes) is 3. The van der Waals surface area contributed by atoms with Crippen LogP contribution < -0.4 is 0 Å². The first-order chi connectivity index (χ1) is 12.6. The van der Waals surface area contributed by atoms with Crippen molar-refractivity contribution in [2.45, 2.75) is 77.6 Å². The molecule has 1 rings (SSSR count). The van der Waals surface area contributed by atoms with Gasteiger partial charge in [-0.05, 0) is 30.4 Å². The van der Waals surface area contributed by atoms with E-state index in [9.17, 15) is 0 Å². The van der Waals surface area contributed by atoms with Gasteiger partial charge in [0, 0.05) is 25.7 Å². The molecule has 0 N–H and O–H groups in total. The van der Waals surface area contributed by atoms with Gasteiger partial charge in [-0.25, -0.2) is 0 Å². The van der Waals surface area contributed by atoms with Crippen LogP contribution in [0.2, 0.25) is 0 Å². The Bertz CT molecular complexity index is 458. The molecule has 1 atom stereocenters. The molecule has 0 aliphatic heterocycles. The summed E-state index contributed by atoms with van der Waals surface area (Å²) >= 11 is 6.04. The molecule has 3 nitrogen and oxygen atoms in total. The highest BCUT2D eigenvalue weighted by Crippen LogP contribution is 2.31. The van der Waals surface area contributed by atoms with Gasteiger partial charge in [0.15, 0.2) is 0 Å². The van der Waals surface area contributed by atoms with Crippen LogP contribution in [0.25, 0.3) is 0 Å². The third-order valence-corrected chi connectivity index (χ3v) is 8.06. The van der Waals surface area contributed by atoms with Gasteiger partial charge >= 0.3 is 8.80 Å². The molecule has 0 fully saturated rings. The summed E-state index contributed by atoms with van der Waals surface area (Å²) in [5, 5.41) is 0. The van der Waals surface area contributed by atoms with Gasteiger partial charge in [-0.3, -0.25) is 0 Å². The fraction of sp³-hybridized carbons (Fsp3) is 0.714. The minimum Gasteiger partial charge on any atom is -0.373 e. The van der Waals surface area contributed by atoms with E-state index in [1.165, 1.54) is 5.56 Å². The van der Waals surface area contributed by atoms with Gasteiger partial charge in [0.2, 0.25) is 0 Å². The van der Waals surface area contributed by atoms with Crippen molar-refractivity contribution < 1.29 is 13.3 Å². The van der Waals surface area contributed by atoms with E-state index in [2.05, 4.69) is 52.0 Å². The fourth-order valence-corrected chi connectivity index (χ4v) is 5.77. The van der Waals surface area contributed by atoms with Gasteiger partial charge in [-0.1, -0.05) is 71.2 Å². The maximum Gasteiger partial charge on any atom is 0.508 e. The van der Waals surface area contributed by atoms with Crippen LogP contribution in [0.15, 0.2) is 24.3 Å². The Balaban J connectivity index is 3.07.